The van der Waals surface area contributed by atoms with Gasteiger partial charge in [0.1, 0.15) is 0 Å². The Labute approximate surface area is 177 Å². The van der Waals surface area contributed by atoms with E-state index in [0.29, 0.717) is 19.6 Å². The van der Waals surface area contributed by atoms with E-state index in [9.17, 15) is 9.59 Å². The van der Waals surface area contributed by atoms with Crippen LogP contribution in [0, 0.1) is 5.92 Å². The van der Waals surface area contributed by atoms with Crippen molar-refractivity contribution in [3.05, 3.63) is 60.2 Å². The second-order valence-electron chi connectivity index (χ2n) is 7.53. The average Bonchev–Trinajstić information content (AvgIpc) is 2.75. The average molecular weight is 412 g/mol. The van der Waals surface area contributed by atoms with E-state index in [0.717, 1.165) is 30.6 Å². The molecule has 1 atom stereocenters. The third-order valence-electron chi connectivity index (χ3n) is 5.28. The molecule has 2 aromatic rings. The third-order valence-corrected chi connectivity index (χ3v) is 6.02. The molecular weight excluding hydrogens is 382 g/mol. The van der Waals surface area contributed by atoms with Crippen LogP contribution in [-0.2, 0) is 16.1 Å². The van der Waals surface area contributed by atoms with Gasteiger partial charge in [-0.05, 0) is 55.5 Å². The number of nitrogens with one attached hydrogen (secondary N) is 1. The van der Waals surface area contributed by atoms with Crippen molar-refractivity contribution in [1.29, 1.82) is 0 Å². The molecule has 5 nitrogen and oxygen atoms in total. The van der Waals surface area contributed by atoms with Crippen molar-refractivity contribution in [3.8, 4) is 0 Å². The highest BCUT2D eigenvalue weighted by atomic mass is 32.2. The van der Waals surface area contributed by atoms with Crippen LogP contribution in [0.4, 0.5) is 5.69 Å². The minimum Gasteiger partial charge on any atom is -0.340 e. The van der Waals surface area contributed by atoms with Gasteiger partial charge in [-0.2, -0.15) is 0 Å². The van der Waals surface area contributed by atoms with Gasteiger partial charge < -0.3 is 10.2 Å². The van der Waals surface area contributed by atoms with Gasteiger partial charge in [-0.25, -0.2) is 0 Å². The number of piperidine rings is 1. The highest BCUT2D eigenvalue weighted by Crippen LogP contribution is 2.19. The van der Waals surface area contributed by atoms with Gasteiger partial charge >= 0.3 is 0 Å². The lowest BCUT2D eigenvalue weighted by molar-refractivity contribution is -0.133. The molecular formula is C23H29N3O2S. The zero-order chi connectivity index (χ0) is 20.6. The summed E-state index contributed by atoms with van der Waals surface area (Å²) in [7, 11) is 1.84. The number of hydrogen-bond acceptors (Lipinski definition) is 4. The number of likely N-dealkylation sites (N-methyl/N-ethyl adjacent to an activating group) is 1. The lowest BCUT2D eigenvalue weighted by Gasteiger charge is -2.32. The van der Waals surface area contributed by atoms with Gasteiger partial charge in [0, 0.05) is 30.7 Å². The monoisotopic (exact) mass is 411 g/mol. The lowest BCUT2D eigenvalue weighted by atomic mass is 9.97. The third kappa shape index (κ3) is 6.34. The minimum atomic E-state index is -0.0823. The van der Waals surface area contributed by atoms with Crippen molar-refractivity contribution in [1.82, 2.24) is 9.80 Å². The van der Waals surface area contributed by atoms with Crippen molar-refractivity contribution in [2.75, 3.05) is 38.3 Å². The van der Waals surface area contributed by atoms with E-state index < -0.39 is 0 Å². The normalized spacial score (nSPS) is 17.0. The summed E-state index contributed by atoms with van der Waals surface area (Å²) in [5, 5.41) is 2.99. The number of carbonyl (C=O) groups is 2. The Morgan fingerprint density at radius 2 is 1.86 bits per heavy atom. The molecule has 1 unspecified atom stereocenters. The maximum absolute atomic E-state index is 12.7. The number of amides is 2. The summed E-state index contributed by atoms with van der Waals surface area (Å²) >= 11 is 1.71. The second kappa shape index (κ2) is 10.5. The van der Waals surface area contributed by atoms with E-state index in [1.165, 1.54) is 4.90 Å². The van der Waals surface area contributed by atoms with E-state index in [1.54, 1.807) is 16.7 Å². The van der Waals surface area contributed by atoms with Crippen molar-refractivity contribution in [2.45, 2.75) is 24.3 Å². The van der Waals surface area contributed by atoms with Crippen LogP contribution in [0.3, 0.4) is 0 Å². The zero-order valence-electron chi connectivity index (χ0n) is 17.1. The largest absolute Gasteiger partial charge is 0.340 e. The molecule has 3 rings (SSSR count). The fourth-order valence-corrected chi connectivity index (χ4v) is 3.99. The Balaban J connectivity index is 1.49. The lowest BCUT2D eigenvalue weighted by Crippen LogP contribution is -2.45. The van der Waals surface area contributed by atoms with E-state index in [2.05, 4.69) is 40.7 Å². The predicted molar refractivity (Wildman–Crippen MR) is 119 cm³/mol. The fourth-order valence-electron chi connectivity index (χ4n) is 3.58. The van der Waals surface area contributed by atoms with Crippen molar-refractivity contribution in [3.63, 3.8) is 0 Å². The summed E-state index contributed by atoms with van der Waals surface area (Å²) < 4.78 is 0. The van der Waals surface area contributed by atoms with Crippen LogP contribution >= 0.6 is 11.8 Å². The molecule has 154 valence electrons. The zero-order valence-corrected chi connectivity index (χ0v) is 18.0. The van der Waals surface area contributed by atoms with Gasteiger partial charge in [-0.3, -0.25) is 14.5 Å². The van der Waals surface area contributed by atoms with Crippen molar-refractivity contribution < 1.29 is 9.59 Å². The highest BCUT2D eigenvalue weighted by Gasteiger charge is 2.27. The molecule has 0 radical (unpaired) electrons. The van der Waals surface area contributed by atoms with Crippen LogP contribution in [-0.4, -0.2) is 54.6 Å². The maximum atomic E-state index is 12.7. The number of hydrogen-bond donors (Lipinski definition) is 1. The molecule has 0 saturated carbocycles. The van der Waals surface area contributed by atoms with Crippen LogP contribution in [0.5, 0.6) is 0 Å². The quantitative estimate of drug-likeness (QED) is 0.706. The first-order valence-electron chi connectivity index (χ1n) is 10.0. The number of likely N-dealkylation sites (tertiary alicyclic amines) is 1. The number of carbonyl (C=O) groups excluding carboxylic acids is 2. The highest BCUT2D eigenvalue weighted by molar-refractivity contribution is 7.98. The Bertz CT molecular complexity index is 811. The minimum absolute atomic E-state index is 0.0376. The van der Waals surface area contributed by atoms with Gasteiger partial charge in [0.2, 0.25) is 11.8 Å². The molecule has 2 amide bonds. The fraction of sp³-hybridized carbons (Fsp3) is 0.391. The summed E-state index contributed by atoms with van der Waals surface area (Å²) in [6.07, 6.45) is 3.84. The number of anilines is 1. The summed E-state index contributed by atoms with van der Waals surface area (Å²) in [5.41, 5.74) is 1.94. The summed E-state index contributed by atoms with van der Waals surface area (Å²) in [5.74, 6) is 0.0415. The van der Waals surface area contributed by atoms with Gasteiger partial charge in [0.05, 0.1) is 12.5 Å². The van der Waals surface area contributed by atoms with Gasteiger partial charge in [0.15, 0.2) is 0 Å². The Hall–Kier alpha value is -2.31. The van der Waals surface area contributed by atoms with Crippen molar-refractivity contribution in [2.24, 2.45) is 5.92 Å². The van der Waals surface area contributed by atoms with Gasteiger partial charge in [0.25, 0.3) is 0 Å². The van der Waals surface area contributed by atoms with Crippen LogP contribution in [0.2, 0.25) is 0 Å². The maximum Gasteiger partial charge on any atom is 0.236 e. The number of rotatable bonds is 7. The molecule has 2 aromatic carbocycles. The molecule has 29 heavy (non-hydrogen) atoms. The number of benzene rings is 2. The number of nitrogens with zero attached hydrogens (tertiary/aromatic N) is 2. The first-order valence-corrected chi connectivity index (χ1v) is 11.2. The Kier molecular flexibility index (Phi) is 7.72. The summed E-state index contributed by atoms with van der Waals surface area (Å²) in [4.78, 5) is 30.4. The van der Waals surface area contributed by atoms with Gasteiger partial charge in [-0.1, -0.05) is 30.3 Å². The van der Waals surface area contributed by atoms with E-state index in [4.69, 9.17) is 0 Å². The molecule has 0 spiro atoms. The first kappa shape index (κ1) is 21.4. The topological polar surface area (TPSA) is 52.7 Å². The number of para-hydroxylation sites is 1. The smallest absolute Gasteiger partial charge is 0.236 e. The molecule has 6 heteroatoms. The van der Waals surface area contributed by atoms with Crippen LogP contribution < -0.4 is 5.32 Å². The Morgan fingerprint density at radius 3 is 2.55 bits per heavy atom. The molecule has 0 aromatic heterocycles. The van der Waals surface area contributed by atoms with Gasteiger partial charge in [-0.15, -0.1) is 11.8 Å². The van der Waals surface area contributed by atoms with E-state index >= 15 is 0 Å². The van der Waals surface area contributed by atoms with Crippen LogP contribution in [0.25, 0.3) is 0 Å². The molecule has 1 aliphatic heterocycles. The van der Waals surface area contributed by atoms with Crippen LogP contribution in [0.15, 0.2) is 59.5 Å². The summed E-state index contributed by atoms with van der Waals surface area (Å²) in [6.45, 7) is 2.44. The van der Waals surface area contributed by atoms with Crippen molar-refractivity contribution >= 4 is 29.3 Å². The predicted octanol–water partition coefficient (Wildman–Crippen LogP) is 3.72. The standard InChI is InChI=1S/C23H29N3O2S/c1-25(15-18-10-12-21(29-2)13-11-18)22(27)17-26-14-6-7-19(16-26)23(28)24-20-8-4-3-5-9-20/h3-5,8-13,19H,6-7,14-17H2,1-2H3,(H,24,28). The molecule has 1 aliphatic rings. The number of thioether (sulfide) groups is 1. The first-order chi connectivity index (χ1) is 14.0. The molecule has 1 saturated heterocycles. The SMILES string of the molecule is CSc1ccc(CN(C)C(=O)CN2CCCC(C(=O)Nc3ccccc3)C2)cc1. The van der Waals surface area contributed by atoms with Crippen LogP contribution in [0.1, 0.15) is 18.4 Å². The molecule has 1 N–H and O–H groups in total. The Morgan fingerprint density at radius 1 is 1.14 bits per heavy atom. The molecule has 1 fully saturated rings. The van der Waals surface area contributed by atoms with E-state index in [-0.39, 0.29) is 17.7 Å². The molecule has 1 heterocycles. The molecule has 0 aliphatic carbocycles. The van der Waals surface area contributed by atoms with E-state index in [1.807, 2.05) is 37.4 Å². The molecule has 0 bridgehead atoms. The second-order valence-corrected chi connectivity index (χ2v) is 8.41. The summed E-state index contributed by atoms with van der Waals surface area (Å²) in [6, 6.07) is 17.8.